The first kappa shape index (κ1) is 13.8. The molecule has 0 amide bonds. The van der Waals surface area contributed by atoms with Gasteiger partial charge in [0.2, 0.25) is 0 Å². The fourth-order valence-electron chi connectivity index (χ4n) is 3.18. The van der Waals surface area contributed by atoms with Gasteiger partial charge in [0, 0.05) is 0 Å². The molecule has 0 aliphatic heterocycles. The van der Waals surface area contributed by atoms with E-state index in [9.17, 15) is 9.90 Å². The normalized spacial score (nSPS) is 25.7. The molecule has 1 aliphatic rings. The minimum absolute atomic E-state index is 0.399. The fourth-order valence-corrected chi connectivity index (χ4v) is 3.18. The van der Waals surface area contributed by atoms with Gasteiger partial charge in [-0.05, 0) is 30.9 Å². The zero-order valence-corrected chi connectivity index (χ0v) is 12.0. The highest BCUT2D eigenvalue weighted by Gasteiger charge is 2.42. The van der Waals surface area contributed by atoms with Gasteiger partial charge in [0.25, 0.3) is 0 Å². The first-order valence-electron chi connectivity index (χ1n) is 7.32. The molecule has 1 heterocycles. The number of hydrogen-bond donors (Lipinski definition) is 2. The van der Waals surface area contributed by atoms with Crippen LogP contribution >= 0.6 is 0 Å². The number of carboxylic acids is 1. The zero-order valence-electron chi connectivity index (χ0n) is 12.0. The van der Waals surface area contributed by atoms with Crippen LogP contribution in [0.25, 0.3) is 11.0 Å². The molecule has 3 rings (SSSR count). The summed E-state index contributed by atoms with van der Waals surface area (Å²) in [7, 11) is 0. The second-order valence-corrected chi connectivity index (χ2v) is 5.96. The Balaban J connectivity index is 1.92. The average molecular weight is 285 g/mol. The smallest absolute Gasteiger partial charge is 0.329 e. The molecular formula is C16H19N3O2. The minimum atomic E-state index is -0.922. The number of benzene rings is 1. The molecule has 5 heteroatoms. The Bertz CT molecular complexity index is 673. The number of fused-ring (bicyclic) bond motifs is 1. The molecule has 2 atom stereocenters. The van der Waals surface area contributed by atoms with E-state index in [1.807, 2.05) is 24.3 Å². The van der Waals surface area contributed by atoms with Crippen molar-refractivity contribution in [2.24, 2.45) is 5.92 Å². The first-order valence-corrected chi connectivity index (χ1v) is 7.32. The summed E-state index contributed by atoms with van der Waals surface area (Å²) in [6.45, 7) is 2.10. The van der Waals surface area contributed by atoms with Gasteiger partial charge in [-0.1, -0.05) is 31.9 Å². The van der Waals surface area contributed by atoms with Crippen molar-refractivity contribution in [3.63, 3.8) is 0 Å². The number of rotatable bonds is 3. The van der Waals surface area contributed by atoms with Crippen LogP contribution in [0.2, 0.25) is 0 Å². The Labute approximate surface area is 123 Å². The van der Waals surface area contributed by atoms with Crippen LogP contribution in [0.4, 0.5) is 5.82 Å². The Hall–Kier alpha value is -2.17. The highest BCUT2D eigenvalue weighted by atomic mass is 16.4. The van der Waals surface area contributed by atoms with Gasteiger partial charge in [0.05, 0.1) is 17.2 Å². The molecule has 0 spiro atoms. The molecule has 2 N–H and O–H groups in total. The van der Waals surface area contributed by atoms with Gasteiger partial charge in [-0.3, -0.25) is 4.98 Å². The van der Waals surface area contributed by atoms with Gasteiger partial charge in [-0.15, -0.1) is 0 Å². The molecule has 0 saturated heterocycles. The number of anilines is 1. The number of para-hydroxylation sites is 2. The molecule has 1 saturated carbocycles. The third kappa shape index (κ3) is 2.68. The molecular weight excluding hydrogens is 266 g/mol. The Kier molecular flexibility index (Phi) is 3.49. The molecule has 2 unspecified atom stereocenters. The lowest BCUT2D eigenvalue weighted by Gasteiger charge is -2.37. The summed E-state index contributed by atoms with van der Waals surface area (Å²) in [6.07, 6.45) is 4.87. The summed E-state index contributed by atoms with van der Waals surface area (Å²) in [6, 6.07) is 7.58. The van der Waals surface area contributed by atoms with Crippen molar-refractivity contribution in [1.82, 2.24) is 9.97 Å². The van der Waals surface area contributed by atoms with Gasteiger partial charge >= 0.3 is 5.97 Å². The number of hydrogen-bond acceptors (Lipinski definition) is 4. The van der Waals surface area contributed by atoms with Gasteiger partial charge in [0.15, 0.2) is 0 Å². The third-order valence-electron chi connectivity index (χ3n) is 4.22. The number of aromatic nitrogens is 2. The number of carbonyl (C=O) groups is 1. The van der Waals surface area contributed by atoms with Crippen molar-refractivity contribution in [2.75, 3.05) is 5.32 Å². The average Bonchev–Trinajstić information content (AvgIpc) is 2.47. The molecule has 5 nitrogen and oxygen atoms in total. The molecule has 1 aromatic heterocycles. The summed E-state index contributed by atoms with van der Waals surface area (Å²) in [5.41, 5.74) is 0.658. The van der Waals surface area contributed by atoms with Crippen LogP contribution in [-0.2, 0) is 4.79 Å². The van der Waals surface area contributed by atoms with E-state index in [0.717, 1.165) is 23.9 Å². The lowest BCUT2D eigenvalue weighted by atomic mass is 9.76. The molecule has 0 bridgehead atoms. The molecule has 1 aliphatic carbocycles. The predicted octanol–water partition coefficient (Wildman–Crippen LogP) is 3.08. The Morgan fingerprint density at radius 1 is 1.38 bits per heavy atom. The van der Waals surface area contributed by atoms with E-state index < -0.39 is 11.5 Å². The van der Waals surface area contributed by atoms with E-state index in [0.29, 0.717) is 24.6 Å². The number of nitrogens with one attached hydrogen (secondary N) is 1. The maximum atomic E-state index is 11.8. The van der Waals surface area contributed by atoms with Crippen LogP contribution in [0.3, 0.4) is 0 Å². The van der Waals surface area contributed by atoms with Crippen LogP contribution in [0.5, 0.6) is 0 Å². The SMILES string of the molecule is CC1CCCC(Nc2cnc3ccccc3n2)(C(=O)O)C1. The van der Waals surface area contributed by atoms with Gasteiger partial charge < -0.3 is 10.4 Å². The molecule has 21 heavy (non-hydrogen) atoms. The Morgan fingerprint density at radius 3 is 2.86 bits per heavy atom. The van der Waals surface area contributed by atoms with Crippen LogP contribution in [-0.4, -0.2) is 26.6 Å². The second-order valence-electron chi connectivity index (χ2n) is 5.96. The van der Waals surface area contributed by atoms with Crippen molar-refractivity contribution in [1.29, 1.82) is 0 Å². The van der Waals surface area contributed by atoms with Crippen molar-refractivity contribution < 1.29 is 9.90 Å². The van der Waals surface area contributed by atoms with E-state index in [1.165, 1.54) is 0 Å². The van der Waals surface area contributed by atoms with Crippen LogP contribution in [0, 0.1) is 5.92 Å². The quantitative estimate of drug-likeness (QED) is 0.906. The van der Waals surface area contributed by atoms with E-state index in [2.05, 4.69) is 22.2 Å². The molecule has 0 radical (unpaired) electrons. The highest BCUT2D eigenvalue weighted by Crippen LogP contribution is 2.35. The fraction of sp³-hybridized carbons (Fsp3) is 0.438. The number of nitrogens with zero attached hydrogens (tertiary/aromatic N) is 2. The summed E-state index contributed by atoms with van der Waals surface area (Å²) in [4.78, 5) is 20.6. The summed E-state index contributed by atoms with van der Waals surface area (Å²) >= 11 is 0. The van der Waals surface area contributed by atoms with Crippen molar-refractivity contribution in [2.45, 2.75) is 38.1 Å². The molecule has 2 aromatic rings. The largest absolute Gasteiger partial charge is 0.480 e. The first-order chi connectivity index (χ1) is 10.1. The topological polar surface area (TPSA) is 75.1 Å². The lowest BCUT2D eigenvalue weighted by molar-refractivity contribution is -0.144. The minimum Gasteiger partial charge on any atom is -0.480 e. The van der Waals surface area contributed by atoms with Crippen LogP contribution in [0.15, 0.2) is 30.5 Å². The molecule has 1 fully saturated rings. The zero-order chi connectivity index (χ0) is 14.9. The van der Waals surface area contributed by atoms with Crippen LogP contribution < -0.4 is 5.32 Å². The van der Waals surface area contributed by atoms with E-state index in [4.69, 9.17) is 0 Å². The van der Waals surface area contributed by atoms with E-state index in [-0.39, 0.29) is 0 Å². The number of aliphatic carboxylic acids is 1. The molecule has 110 valence electrons. The summed E-state index contributed by atoms with van der Waals surface area (Å²) in [5.74, 6) is 0.130. The van der Waals surface area contributed by atoms with E-state index in [1.54, 1.807) is 6.20 Å². The number of carboxylic acid groups (broad SMARTS) is 1. The maximum absolute atomic E-state index is 11.8. The van der Waals surface area contributed by atoms with Gasteiger partial charge in [-0.25, -0.2) is 9.78 Å². The molecule has 1 aromatic carbocycles. The lowest BCUT2D eigenvalue weighted by Crippen LogP contribution is -2.49. The third-order valence-corrected chi connectivity index (χ3v) is 4.22. The van der Waals surface area contributed by atoms with Crippen molar-refractivity contribution in [3.8, 4) is 0 Å². The second kappa shape index (κ2) is 5.31. The predicted molar refractivity (Wildman–Crippen MR) is 81.2 cm³/mol. The van der Waals surface area contributed by atoms with Crippen LogP contribution in [0.1, 0.15) is 32.6 Å². The highest BCUT2D eigenvalue weighted by molar-refractivity contribution is 5.83. The maximum Gasteiger partial charge on any atom is 0.329 e. The Morgan fingerprint density at radius 2 is 2.14 bits per heavy atom. The summed E-state index contributed by atoms with van der Waals surface area (Å²) in [5, 5.41) is 12.8. The standard InChI is InChI=1S/C16H19N3O2/c1-11-5-4-8-16(9-11,15(20)21)19-14-10-17-12-6-2-3-7-13(12)18-14/h2-3,6-7,10-11H,4-5,8-9H2,1H3,(H,18,19)(H,20,21). The van der Waals surface area contributed by atoms with Gasteiger partial charge in [-0.2, -0.15) is 0 Å². The van der Waals surface area contributed by atoms with Gasteiger partial charge in [0.1, 0.15) is 11.4 Å². The monoisotopic (exact) mass is 285 g/mol. The summed E-state index contributed by atoms with van der Waals surface area (Å²) < 4.78 is 0. The van der Waals surface area contributed by atoms with Crippen molar-refractivity contribution in [3.05, 3.63) is 30.5 Å². The van der Waals surface area contributed by atoms with Crippen molar-refractivity contribution >= 4 is 22.8 Å². The van der Waals surface area contributed by atoms with E-state index >= 15 is 0 Å².